The number of hydrogen-bond acceptors (Lipinski definition) is 7. The van der Waals surface area contributed by atoms with Crippen LogP contribution in [0, 0.1) is 13.8 Å². The fourth-order valence-electron chi connectivity index (χ4n) is 4.55. The Morgan fingerprint density at radius 1 is 1.21 bits per heavy atom. The summed E-state index contributed by atoms with van der Waals surface area (Å²) in [6.07, 6.45) is 1.83. The quantitative estimate of drug-likeness (QED) is 0.755. The number of anilines is 1. The van der Waals surface area contributed by atoms with Crippen LogP contribution in [0.25, 0.3) is 0 Å². The van der Waals surface area contributed by atoms with E-state index in [0.717, 1.165) is 36.7 Å². The maximum absolute atomic E-state index is 13.0. The Bertz CT molecular complexity index is 745. The number of carbonyl (C=O) groups is 1. The smallest absolute Gasteiger partial charge is 0.251 e. The lowest BCUT2D eigenvalue weighted by Gasteiger charge is -2.40. The van der Waals surface area contributed by atoms with Crippen LogP contribution in [0.15, 0.2) is 6.07 Å². The van der Waals surface area contributed by atoms with Crippen molar-refractivity contribution >= 4 is 11.9 Å². The first-order valence-electron chi connectivity index (χ1n) is 10.5. The molecule has 0 bridgehead atoms. The first kappa shape index (κ1) is 20.5. The average Bonchev–Trinajstić information content (AvgIpc) is 3.10. The molecule has 1 spiro atoms. The molecule has 1 aromatic rings. The Morgan fingerprint density at radius 2 is 1.90 bits per heavy atom. The number of aromatic nitrogens is 2. The first-order valence-corrected chi connectivity index (χ1v) is 10.5. The van der Waals surface area contributed by atoms with E-state index in [2.05, 4.69) is 21.8 Å². The highest BCUT2D eigenvalue weighted by Gasteiger charge is 2.48. The molecule has 0 unspecified atom stereocenters. The van der Waals surface area contributed by atoms with Gasteiger partial charge < -0.3 is 24.0 Å². The number of nitrogens with zero attached hydrogens (tertiary/aromatic N) is 4. The Balaban J connectivity index is 1.40. The number of carbonyl (C=O) groups excluding carboxylic acids is 1. The molecule has 2 atom stereocenters. The number of piperidine rings is 1. The third-order valence-corrected chi connectivity index (χ3v) is 6.51. The second kappa shape index (κ2) is 7.81. The van der Waals surface area contributed by atoms with Crippen LogP contribution in [-0.2, 0) is 19.0 Å². The third-order valence-electron chi connectivity index (χ3n) is 6.51. The SMILES string of the molecule is COC1(C)CCN(C(=O)[C@H]2C[C@@]3(CO2)CN(c2nc(C)cc(C)n2)CCO3)CC1. The lowest BCUT2D eigenvalue weighted by Crippen LogP contribution is -2.54. The van der Waals surface area contributed by atoms with Gasteiger partial charge in [0.15, 0.2) is 0 Å². The highest BCUT2D eigenvalue weighted by molar-refractivity contribution is 5.81. The summed E-state index contributed by atoms with van der Waals surface area (Å²) in [6, 6.07) is 1.97. The number of amides is 1. The molecule has 0 aliphatic carbocycles. The largest absolute Gasteiger partial charge is 0.378 e. The Kier molecular flexibility index (Phi) is 5.52. The van der Waals surface area contributed by atoms with Crippen LogP contribution < -0.4 is 4.90 Å². The number of hydrogen-bond donors (Lipinski definition) is 0. The Morgan fingerprint density at radius 3 is 2.55 bits per heavy atom. The van der Waals surface area contributed by atoms with Crippen LogP contribution >= 0.6 is 0 Å². The lowest BCUT2D eigenvalue weighted by atomic mass is 9.92. The van der Waals surface area contributed by atoms with E-state index in [1.807, 2.05) is 24.8 Å². The Hall–Kier alpha value is -1.77. The highest BCUT2D eigenvalue weighted by atomic mass is 16.6. The summed E-state index contributed by atoms with van der Waals surface area (Å²) in [5, 5.41) is 0. The second-order valence-corrected chi connectivity index (χ2v) is 8.89. The summed E-state index contributed by atoms with van der Waals surface area (Å²) in [4.78, 5) is 26.3. The van der Waals surface area contributed by atoms with Crippen molar-refractivity contribution in [1.29, 1.82) is 0 Å². The molecule has 29 heavy (non-hydrogen) atoms. The van der Waals surface area contributed by atoms with Gasteiger partial charge in [-0.15, -0.1) is 0 Å². The van der Waals surface area contributed by atoms with Gasteiger partial charge in [-0.3, -0.25) is 4.79 Å². The second-order valence-electron chi connectivity index (χ2n) is 8.89. The van der Waals surface area contributed by atoms with Gasteiger partial charge in [-0.05, 0) is 39.7 Å². The minimum Gasteiger partial charge on any atom is -0.378 e. The lowest BCUT2D eigenvalue weighted by molar-refractivity contribution is -0.145. The van der Waals surface area contributed by atoms with Crippen molar-refractivity contribution in [3.63, 3.8) is 0 Å². The summed E-state index contributed by atoms with van der Waals surface area (Å²) in [6.45, 7) is 9.87. The molecule has 3 aliphatic heterocycles. The van der Waals surface area contributed by atoms with E-state index in [1.165, 1.54) is 0 Å². The minimum absolute atomic E-state index is 0.0726. The van der Waals surface area contributed by atoms with Gasteiger partial charge in [-0.1, -0.05) is 0 Å². The van der Waals surface area contributed by atoms with Gasteiger partial charge in [0.1, 0.15) is 11.7 Å². The van der Waals surface area contributed by atoms with Crippen molar-refractivity contribution < 1.29 is 19.0 Å². The van der Waals surface area contributed by atoms with E-state index < -0.39 is 11.7 Å². The molecule has 1 aromatic heterocycles. The summed E-state index contributed by atoms with van der Waals surface area (Å²) >= 11 is 0. The van der Waals surface area contributed by atoms with E-state index in [-0.39, 0.29) is 11.5 Å². The number of ether oxygens (including phenoxy) is 3. The molecule has 4 rings (SSSR count). The minimum atomic E-state index is -0.476. The van der Waals surface area contributed by atoms with Crippen molar-refractivity contribution in [2.45, 2.75) is 57.3 Å². The van der Waals surface area contributed by atoms with Gasteiger partial charge in [0.05, 0.1) is 25.4 Å². The molecule has 0 aromatic carbocycles. The molecule has 0 saturated carbocycles. The van der Waals surface area contributed by atoms with E-state index >= 15 is 0 Å². The standard InChI is InChI=1S/C21H32N4O4/c1-15-11-16(2)23-19(22-15)25-9-10-29-21(13-25)12-17(28-14-21)18(26)24-7-5-20(3,27-4)6-8-24/h11,17H,5-10,12-14H2,1-4H3/t17-,21+/m1/s1. The maximum Gasteiger partial charge on any atom is 0.251 e. The van der Waals surface area contributed by atoms with Crippen molar-refractivity contribution in [2.24, 2.45) is 0 Å². The van der Waals surface area contributed by atoms with Crippen LogP contribution in [0.5, 0.6) is 0 Å². The molecule has 0 radical (unpaired) electrons. The summed E-state index contributed by atoms with van der Waals surface area (Å²) in [5.41, 5.74) is 1.30. The number of methoxy groups -OCH3 is 1. The maximum atomic E-state index is 13.0. The fraction of sp³-hybridized carbons (Fsp3) is 0.762. The van der Waals surface area contributed by atoms with Gasteiger partial charge in [0.25, 0.3) is 5.91 Å². The monoisotopic (exact) mass is 404 g/mol. The van der Waals surface area contributed by atoms with Crippen LogP contribution in [-0.4, -0.2) is 84.6 Å². The van der Waals surface area contributed by atoms with E-state index in [4.69, 9.17) is 14.2 Å². The van der Waals surface area contributed by atoms with Gasteiger partial charge in [-0.25, -0.2) is 9.97 Å². The van der Waals surface area contributed by atoms with E-state index in [9.17, 15) is 4.79 Å². The number of aryl methyl sites for hydroxylation is 2. The predicted octanol–water partition coefficient (Wildman–Crippen LogP) is 1.49. The Labute approximate surface area is 172 Å². The average molecular weight is 405 g/mol. The van der Waals surface area contributed by atoms with Crippen molar-refractivity contribution in [1.82, 2.24) is 14.9 Å². The van der Waals surface area contributed by atoms with Crippen LogP contribution in [0.2, 0.25) is 0 Å². The van der Waals surface area contributed by atoms with Gasteiger partial charge in [0, 0.05) is 44.6 Å². The normalized spacial score (nSPS) is 29.4. The molecule has 160 valence electrons. The zero-order valence-electron chi connectivity index (χ0n) is 17.9. The molecule has 0 N–H and O–H groups in total. The van der Waals surface area contributed by atoms with Crippen molar-refractivity contribution in [3.05, 3.63) is 17.5 Å². The topological polar surface area (TPSA) is 77.0 Å². The summed E-state index contributed by atoms with van der Waals surface area (Å²) in [5.74, 6) is 0.804. The molecule has 8 nitrogen and oxygen atoms in total. The van der Waals surface area contributed by atoms with Gasteiger partial charge >= 0.3 is 0 Å². The van der Waals surface area contributed by atoms with Crippen molar-refractivity contribution in [3.8, 4) is 0 Å². The van der Waals surface area contributed by atoms with Crippen LogP contribution in [0.3, 0.4) is 0 Å². The summed E-state index contributed by atoms with van der Waals surface area (Å²) < 4.78 is 17.7. The van der Waals surface area contributed by atoms with Gasteiger partial charge in [-0.2, -0.15) is 0 Å². The molecular formula is C21H32N4O4. The fourth-order valence-corrected chi connectivity index (χ4v) is 4.55. The first-order chi connectivity index (χ1) is 13.8. The van der Waals surface area contributed by atoms with Crippen LogP contribution in [0.1, 0.15) is 37.6 Å². The number of morpholine rings is 1. The predicted molar refractivity (Wildman–Crippen MR) is 108 cm³/mol. The molecule has 3 fully saturated rings. The molecule has 1 amide bonds. The number of likely N-dealkylation sites (tertiary alicyclic amines) is 1. The highest BCUT2D eigenvalue weighted by Crippen LogP contribution is 2.34. The third kappa shape index (κ3) is 4.25. The van der Waals surface area contributed by atoms with Gasteiger partial charge in [0.2, 0.25) is 5.95 Å². The molecular weight excluding hydrogens is 372 g/mol. The number of rotatable bonds is 3. The molecule has 4 heterocycles. The van der Waals surface area contributed by atoms with Crippen LogP contribution in [0.4, 0.5) is 5.95 Å². The van der Waals surface area contributed by atoms with E-state index in [0.29, 0.717) is 39.3 Å². The van der Waals surface area contributed by atoms with E-state index in [1.54, 1.807) is 7.11 Å². The zero-order valence-corrected chi connectivity index (χ0v) is 17.9. The van der Waals surface area contributed by atoms with Crippen molar-refractivity contribution in [2.75, 3.05) is 51.4 Å². The molecule has 3 aliphatic rings. The molecule has 8 heteroatoms. The summed E-state index contributed by atoms with van der Waals surface area (Å²) in [7, 11) is 1.74. The zero-order chi connectivity index (χ0) is 20.6. The molecule has 3 saturated heterocycles.